The normalized spacial score (nSPS) is 22.0. The molecule has 0 aliphatic heterocycles. The van der Waals surface area contributed by atoms with Crippen LogP contribution in [0.4, 0.5) is 13.2 Å². The average molecular weight is 342 g/mol. The molecule has 1 aromatic carbocycles. The standard InChI is InChI=1S/C16H17F3N2O3/c17-16(18,19)8-23-10-4-1-3-9(7-10)11-5-2-6-12-13(11)21-15(24-12)14(20)22/h2,5-6,9-10H,1,3-4,7-8H2,(H2,20,22). The molecule has 8 heteroatoms. The number of hydrogen-bond acceptors (Lipinski definition) is 4. The summed E-state index contributed by atoms with van der Waals surface area (Å²) in [6, 6.07) is 5.30. The first-order valence-electron chi connectivity index (χ1n) is 7.71. The van der Waals surface area contributed by atoms with E-state index in [2.05, 4.69) is 4.98 Å². The van der Waals surface area contributed by atoms with E-state index in [1.54, 1.807) is 12.1 Å². The van der Waals surface area contributed by atoms with E-state index in [0.717, 1.165) is 18.4 Å². The zero-order valence-corrected chi connectivity index (χ0v) is 12.8. The van der Waals surface area contributed by atoms with Crippen LogP contribution < -0.4 is 5.73 Å². The number of fused-ring (bicyclic) bond motifs is 1. The van der Waals surface area contributed by atoms with Gasteiger partial charge in [-0.05, 0) is 36.8 Å². The highest BCUT2D eigenvalue weighted by atomic mass is 19.4. The zero-order chi connectivity index (χ0) is 17.3. The van der Waals surface area contributed by atoms with Crippen LogP contribution in [0, 0.1) is 0 Å². The van der Waals surface area contributed by atoms with Crippen molar-refractivity contribution in [2.45, 2.75) is 43.9 Å². The fourth-order valence-corrected chi connectivity index (χ4v) is 3.20. The molecule has 1 aliphatic rings. The summed E-state index contributed by atoms with van der Waals surface area (Å²) in [7, 11) is 0. The number of primary amides is 1. The van der Waals surface area contributed by atoms with E-state index in [1.807, 2.05) is 6.07 Å². The number of oxazole rings is 1. The second-order valence-corrected chi connectivity index (χ2v) is 5.99. The summed E-state index contributed by atoms with van der Waals surface area (Å²) in [4.78, 5) is 15.4. The molecule has 1 heterocycles. The molecule has 1 amide bonds. The number of hydrogen-bond donors (Lipinski definition) is 1. The Morgan fingerprint density at radius 1 is 1.38 bits per heavy atom. The van der Waals surface area contributed by atoms with Crippen molar-refractivity contribution >= 4 is 17.0 Å². The van der Waals surface area contributed by atoms with Crippen molar-refractivity contribution in [1.82, 2.24) is 4.98 Å². The molecule has 3 rings (SSSR count). The SMILES string of the molecule is NC(=O)c1nc2c(C3CCCC(OCC(F)(F)F)C3)cccc2o1. The number of halogens is 3. The van der Waals surface area contributed by atoms with Gasteiger partial charge in [0.15, 0.2) is 5.58 Å². The summed E-state index contributed by atoms with van der Waals surface area (Å²) in [5.74, 6) is -0.920. The maximum atomic E-state index is 12.3. The van der Waals surface area contributed by atoms with E-state index in [1.165, 1.54) is 0 Å². The van der Waals surface area contributed by atoms with Gasteiger partial charge in [-0.1, -0.05) is 18.6 Å². The lowest BCUT2D eigenvalue weighted by atomic mass is 9.82. The Morgan fingerprint density at radius 2 is 2.17 bits per heavy atom. The number of nitrogens with zero attached hydrogens (tertiary/aromatic N) is 1. The lowest BCUT2D eigenvalue weighted by molar-refractivity contribution is -0.188. The van der Waals surface area contributed by atoms with Crippen molar-refractivity contribution < 1.29 is 27.1 Å². The van der Waals surface area contributed by atoms with Crippen LogP contribution in [0.15, 0.2) is 22.6 Å². The topological polar surface area (TPSA) is 78.4 Å². The molecule has 0 saturated heterocycles. The number of para-hydroxylation sites is 1. The molecule has 1 aliphatic carbocycles. The fraction of sp³-hybridized carbons (Fsp3) is 0.500. The van der Waals surface area contributed by atoms with Crippen LogP contribution in [0.1, 0.15) is 47.8 Å². The number of alkyl halides is 3. The van der Waals surface area contributed by atoms with E-state index < -0.39 is 24.8 Å². The number of amides is 1. The molecule has 24 heavy (non-hydrogen) atoms. The number of rotatable bonds is 4. The second-order valence-electron chi connectivity index (χ2n) is 5.99. The van der Waals surface area contributed by atoms with Crippen LogP contribution in [0.25, 0.3) is 11.1 Å². The molecule has 1 saturated carbocycles. The van der Waals surface area contributed by atoms with E-state index in [-0.39, 0.29) is 11.8 Å². The Bertz CT molecular complexity index is 742. The molecule has 2 N–H and O–H groups in total. The predicted octanol–water partition coefficient (Wildman–Crippen LogP) is 3.53. The molecule has 0 spiro atoms. The summed E-state index contributed by atoms with van der Waals surface area (Å²) in [6.45, 7) is -1.23. The number of nitrogens with two attached hydrogens (primary N) is 1. The maximum Gasteiger partial charge on any atom is 0.411 e. The van der Waals surface area contributed by atoms with E-state index in [0.29, 0.717) is 23.9 Å². The molecular formula is C16H17F3N2O3. The third-order valence-corrected chi connectivity index (χ3v) is 4.21. The molecule has 2 atom stereocenters. The fourth-order valence-electron chi connectivity index (χ4n) is 3.20. The Hall–Kier alpha value is -2.09. The first kappa shape index (κ1) is 16.8. The van der Waals surface area contributed by atoms with Gasteiger partial charge in [-0.25, -0.2) is 4.98 Å². The Morgan fingerprint density at radius 3 is 2.88 bits per heavy atom. The molecule has 2 unspecified atom stereocenters. The van der Waals surface area contributed by atoms with E-state index >= 15 is 0 Å². The van der Waals surface area contributed by atoms with Crippen LogP contribution in [0.2, 0.25) is 0 Å². The minimum atomic E-state index is -4.32. The first-order valence-corrected chi connectivity index (χ1v) is 7.71. The maximum absolute atomic E-state index is 12.3. The molecule has 0 bridgehead atoms. The molecule has 5 nitrogen and oxygen atoms in total. The minimum Gasteiger partial charge on any atom is -0.432 e. The third-order valence-electron chi connectivity index (χ3n) is 4.21. The number of carbonyl (C=O) groups is 1. The highest BCUT2D eigenvalue weighted by Crippen LogP contribution is 2.37. The van der Waals surface area contributed by atoms with Gasteiger partial charge in [0.05, 0.1) is 6.10 Å². The quantitative estimate of drug-likeness (QED) is 0.922. The highest BCUT2D eigenvalue weighted by Gasteiger charge is 2.32. The van der Waals surface area contributed by atoms with Crippen molar-refractivity contribution in [3.8, 4) is 0 Å². The summed E-state index contributed by atoms with van der Waals surface area (Å²) < 4.78 is 47.3. The third kappa shape index (κ3) is 3.69. The molecule has 130 valence electrons. The largest absolute Gasteiger partial charge is 0.432 e. The highest BCUT2D eigenvalue weighted by molar-refractivity contribution is 5.91. The molecular weight excluding hydrogens is 325 g/mol. The summed E-state index contributed by atoms with van der Waals surface area (Å²) >= 11 is 0. The van der Waals surface area contributed by atoms with E-state index in [9.17, 15) is 18.0 Å². The van der Waals surface area contributed by atoms with Gasteiger partial charge in [0, 0.05) is 0 Å². The number of ether oxygens (including phenoxy) is 1. The van der Waals surface area contributed by atoms with Gasteiger partial charge >= 0.3 is 12.1 Å². The lowest BCUT2D eigenvalue weighted by Crippen LogP contribution is -2.27. The van der Waals surface area contributed by atoms with Crippen LogP contribution in [0.5, 0.6) is 0 Å². The number of benzene rings is 1. The summed E-state index contributed by atoms with van der Waals surface area (Å²) in [6.07, 6.45) is -2.09. The van der Waals surface area contributed by atoms with Crippen molar-refractivity contribution in [2.75, 3.05) is 6.61 Å². The minimum absolute atomic E-state index is 0.00603. The number of carbonyl (C=O) groups excluding carboxylic acids is 1. The van der Waals surface area contributed by atoms with Gasteiger partial charge in [0.25, 0.3) is 5.89 Å². The smallest absolute Gasteiger partial charge is 0.411 e. The lowest BCUT2D eigenvalue weighted by Gasteiger charge is -2.29. The summed E-state index contributed by atoms with van der Waals surface area (Å²) in [5.41, 5.74) is 7.02. The van der Waals surface area contributed by atoms with Crippen molar-refractivity contribution in [3.05, 3.63) is 29.7 Å². The monoisotopic (exact) mass is 342 g/mol. The van der Waals surface area contributed by atoms with Crippen LogP contribution in [-0.4, -0.2) is 29.8 Å². The van der Waals surface area contributed by atoms with Crippen molar-refractivity contribution in [3.63, 3.8) is 0 Å². The van der Waals surface area contributed by atoms with Gasteiger partial charge in [-0.2, -0.15) is 13.2 Å². The van der Waals surface area contributed by atoms with Crippen molar-refractivity contribution in [2.24, 2.45) is 5.73 Å². The van der Waals surface area contributed by atoms with Crippen LogP contribution in [0.3, 0.4) is 0 Å². The molecule has 1 fully saturated rings. The van der Waals surface area contributed by atoms with Gasteiger partial charge in [-0.3, -0.25) is 4.79 Å². The van der Waals surface area contributed by atoms with Gasteiger partial charge in [-0.15, -0.1) is 0 Å². The number of aromatic nitrogens is 1. The predicted molar refractivity (Wildman–Crippen MR) is 79.5 cm³/mol. The van der Waals surface area contributed by atoms with Gasteiger partial charge in [0.1, 0.15) is 12.1 Å². The summed E-state index contributed by atoms with van der Waals surface area (Å²) in [5, 5.41) is 0. The Balaban J connectivity index is 1.80. The van der Waals surface area contributed by atoms with Gasteiger partial charge < -0.3 is 14.9 Å². The van der Waals surface area contributed by atoms with Crippen LogP contribution in [-0.2, 0) is 4.74 Å². The Labute approximate surface area is 136 Å². The van der Waals surface area contributed by atoms with E-state index in [4.69, 9.17) is 14.9 Å². The van der Waals surface area contributed by atoms with Gasteiger partial charge in [0.2, 0.25) is 0 Å². The molecule has 0 radical (unpaired) electrons. The first-order chi connectivity index (χ1) is 11.3. The molecule has 1 aromatic heterocycles. The van der Waals surface area contributed by atoms with Crippen molar-refractivity contribution in [1.29, 1.82) is 0 Å². The van der Waals surface area contributed by atoms with Crippen LogP contribution >= 0.6 is 0 Å². The zero-order valence-electron chi connectivity index (χ0n) is 12.8. The second kappa shape index (κ2) is 6.43. The average Bonchev–Trinajstić information content (AvgIpc) is 2.97. The Kier molecular flexibility index (Phi) is 4.49. The molecule has 2 aromatic rings.